The van der Waals surface area contributed by atoms with Gasteiger partial charge in [0.2, 0.25) is 0 Å². The highest BCUT2D eigenvalue weighted by Crippen LogP contribution is 2.40. The molecule has 2 aromatic rings. The molecule has 0 unspecified atom stereocenters. The summed E-state index contributed by atoms with van der Waals surface area (Å²) >= 11 is 5.99. The molecule has 1 heteroatoms. The van der Waals surface area contributed by atoms with Crippen molar-refractivity contribution < 1.29 is 0 Å². The molecular formula is C19H19Cl. The molecule has 0 amide bonds. The Morgan fingerprint density at radius 3 is 2.30 bits per heavy atom. The van der Waals surface area contributed by atoms with Crippen LogP contribution in [0.25, 0.3) is 17.2 Å². The Kier molecular flexibility index (Phi) is 3.22. The summed E-state index contributed by atoms with van der Waals surface area (Å²) in [5.74, 6) is 0. The van der Waals surface area contributed by atoms with E-state index in [1.54, 1.807) is 0 Å². The van der Waals surface area contributed by atoms with Crippen LogP contribution in [-0.2, 0) is 6.42 Å². The van der Waals surface area contributed by atoms with Gasteiger partial charge in [-0.15, -0.1) is 0 Å². The molecule has 1 aliphatic rings. The lowest BCUT2D eigenvalue weighted by Gasteiger charge is -2.19. The van der Waals surface area contributed by atoms with Crippen molar-refractivity contribution >= 4 is 17.7 Å². The second-order valence-corrected chi connectivity index (χ2v) is 6.92. The lowest BCUT2D eigenvalue weighted by Crippen LogP contribution is -2.08. The second kappa shape index (κ2) is 4.79. The molecule has 0 N–H and O–H groups in total. The quantitative estimate of drug-likeness (QED) is 0.602. The molecule has 0 saturated heterocycles. The maximum absolute atomic E-state index is 5.99. The fourth-order valence-electron chi connectivity index (χ4n) is 2.73. The smallest absolute Gasteiger partial charge is 0.0406 e. The summed E-state index contributed by atoms with van der Waals surface area (Å²) < 4.78 is 0. The predicted octanol–water partition coefficient (Wildman–Crippen LogP) is 5.99. The van der Waals surface area contributed by atoms with E-state index in [-0.39, 0.29) is 5.41 Å². The normalized spacial score (nSPS) is 14.1. The molecule has 1 aliphatic carbocycles. The van der Waals surface area contributed by atoms with E-state index in [9.17, 15) is 0 Å². The summed E-state index contributed by atoms with van der Waals surface area (Å²) in [7, 11) is 0. The maximum Gasteiger partial charge on any atom is 0.0406 e. The Labute approximate surface area is 126 Å². The highest BCUT2D eigenvalue weighted by Gasteiger charge is 2.24. The van der Waals surface area contributed by atoms with Crippen molar-refractivity contribution in [3.63, 3.8) is 0 Å². The molecule has 3 rings (SSSR count). The molecule has 0 heterocycles. The molecule has 0 aromatic heterocycles. The topological polar surface area (TPSA) is 0 Å². The first kappa shape index (κ1) is 13.5. The molecule has 0 radical (unpaired) electrons. The molecular weight excluding hydrogens is 264 g/mol. The summed E-state index contributed by atoms with van der Waals surface area (Å²) in [4.78, 5) is 0. The summed E-state index contributed by atoms with van der Waals surface area (Å²) in [5.41, 5.74) is 7.09. The molecule has 0 aliphatic heterocycles. The zero-order chi connectivity index (χ0) is 14.3. The highest BCUT2D eigenvalue weighted by atomic mass is 35.5. The van der Waals surface area contributed by atoms with Gasteiger partial charge >= 0.3 is 0 Å². The third-order valence-electron chi connectivity index (χ3n) is 4.01. The van der Waals surface area contributed by atoms with Crippen LogP contribution in [0.5, 0.6) is 0 Å². The van der Waals surface area contributed by atoms with Crippen LogP contribution >= 0.6 is 11.6 Å². The van der Waals surface area contributed by atoms with E-state index in [1.165, 1.54) is 27.8 Å². The molecule has 0 bridgehead atoms. The summed E-state index contributed by atoms with van der Waals surface area (Å²) in [6, 6.07) is 14.7. The van der Waals surface area contributed by atoms with Gasteiger partial charge in [0.15, 0.2) is 0 Å². The zero-order valence-corrected chi connectivity index (χ0v) is 13.0. The van der Waals surface area contributed by atoms with Crippen LogP contribution < -0.4 is 0 Å². The molecule has 0 nitrogen and oxygen atoms in total. The molecule has 0 fully saturated rings. The van der Waals surface area contributed by atoms with Gasteiger partial charge in [-0.2, -0.15) is 0 Å². The van der Waals surface area contributed by atoms with Crippen LogP contribution in [-0.4, -0.2) is 0 Å². The van der Waals surface area contributed by atoms with E-state index < -0.39 is 0 Å². The predicted molar refractivity (Wildman–Crippen MR) is 88.0 cm³/mol. The first-order valence-corrected chi connectivity index (χ1v) is 7.42. The van der Waals surface area contributed by atoms with E-state index in [0.29, 0.717) is 0 Å². The minimum Gasteiger partial charge on any atom is -0.0843 e. The van der Waals surface area contributed by atoms with Crippen LogP contribution in [0.3, 0.4) is 0 Å². The minimum absolute atomic E-state index is 0.232. The van der Waals surface area contributed by atoms with Gasteiger partial charge in [0.25, 0.3) is 0 Å². The second-order valence-electron chi connectivity index (χ2n) is 6.48. The molecule has 20 heavy (non-hydrogen) atoms. The van der Waals surface area contributed by atoms with Crippen molar-refractivity contribution in [3.05, 3.63) is 64.2 Å². The molecule has 0 spiro atoms. The number of fused-ring (bicyclic) bond motifs is 1. The first-order chi connectivity index (χ1) is 9.45. The SMILES string of the molecule is CC(C)(C)C1=Cc2c(cccc2-c2ccc(Cl)cc2)C1. The Bertz CT molecular complexity index is 670. The van der Waals surface area contributed by atoms with Crippen molar-refractivity contribution in [2.45, 2.75) is 27.2 Å². The first-order valence-electron chi connectivity index (χ1n) is 7.04. The molecule has 2 aromatic carbocycles. The molecule has 0 atom stereocenters. The van der Waals surface area contributed by atoms with E-state index in [1.807, 2.05) is 12.1 Å². The van der Waals surface area contributed by atoms with Crippen LogP contribution in [0, 0.1) is 5.41 Å². The van der Waals surface area contributed by atoms with Gasteiger partial charge in [-0.3, -0.25) is 0 Å². The van der Waals surface area contributed by atoms with Crippen molar-refractivity contribution in [1.82, 2.24) is 0 Å². The van der Waals surface area contributed by atoms with E-state index in [0.717, 1.165) is 11.4 Å². The zero-order valence-electron chi connectivity index (χ0n) is 12.2. The molecule has 102 valence electrons. The Morgan fingerprint density at radius 1 is 0.950 bits per heavy atom. The van der Waals surface area contributed by atoms with Crippen molar-refractivity contribution in [3.8, 4) is 11.1 Å². The third-order valence-corrected chi connectivity index (χ3v) is 4.27. The largest absolute Gasteiger partial charge is 0.0843 e. The van der Waals surface area contributed by atoms with Crippen LogP contribution in [0.2, 0.25) is 5.02 Å². The molecule has 0 saturated carbocycles. The van der Waals surface area contributed by atoms with Crippen LogP contribution in [0.4, 0.5) is 0 Å². The van der Waals surface area contributed by atoms with Gasteiger partial charge in [-0.25, -0.2) is 0 Å². The fourth-order valence-corrected chi connectivity index (χ4v) is 2.86. The number of benzene rings is 2. The van der Waals surface area contributed by atoms with Gasteiger partial charge in [-0.1, -0.05) is 74.4 Å². The van der Waals surface area contributed by atoms with E-state index >= 15 is 0 Å². The van der Waals surface area contributed by atoms with Crippen molar-refractivity contribution in [2.75, 3.05) is 0 Å². The number of hydrogen-bond donors (Lipinski definition) is 0. The standard InChI is InChI=1S/C19H19Cl/c1-19(2,3)15-11-14-5-4-6-17(18(14)12-15)13-7-9-16(20)10-8-13/h4-10,12H,11H2,1-3H3. The van der Waals surface area contributed by atoms with Gasteiger partial charge in [0, 0.05) is 5.02 Å². The van der Waals surface area contributed by atoms with E-state index in [2.05, 4.69) is 57.2 Å². The lowest BCUT2D eigenvalue weighted by atomic mass is 9.85. The van der Waals surface area contributed by atoms with Crippen molar-refractivity contribution in [1.29, 1.82) is 0 Å². The number of hydrogen-bond acceptors (Lipinski definition) is 0. The summed E-state index contributed by atoms with van der Waals surface area (Å²) in [6.45, 7) is 6.85. The van der Waals surface area contributed by atoms with Crippen LogP contribution in [0.15, 0.2) is 48.0 Å². The number of rotatable bonds is 1. The lowest BCUT2D eigenvalue weighted by molar-refractivity contribution is 0.498. The Balaban J connectivity index is 2.10. The van der Waals surface area contributed by atoms with E-state index in [4.69, 9.17) is 11.6 Å². The average molecular weight is 283 g/mol. The number of allylic oxidation sites excluding steroid dienone is 1. The van der Waals surface area contributed by atoms with Crippen LogP contribution in [0.1, 0.15) is 31.9 Å². The minimum atomic E-state index is 0.232. The maximum atomic E-state index is 5.99. The highest BCUT2D eigenvalue weighted by molar-refractivity contribution is 6.30. The average Bonchev–Trinajstić information content (AvgIpc) is 2.83. The number of halogens is 1. The summed E-state index contributed by atoms with van der Waals surface area (Å²) in [6.07, 6.45) is 3.44. The van der Waals surface area contributed by atoms with Gasteiger partial charge < -0.3 is 0 Å². The summed E-state index contributed by atoms with van der Waals surface area (Å²) in [5, 5.41) is 0.784. The van der Waals surface area contributed by atoms with Gasteiger partial charge in [0.05, 0.1) is 0 Å². The van der Waals surface area contributed by atoms with Gasteiger partial charge in [0.1, 0.15) is 0 Å². The Morgan fingerprint density at radius 2 is 1.65 bits per heavy atom. The van der Waals surface area contributed by atoms with Crippen molar-refractivity contribution in [2.24, 2.45) is 5.41 Å². The fraction of sp³-hybridized carbons (Fsp3) is 0.263. The Hall–Kier alpha value is -1.53. The van der Waals surface area contributed by atoms with Gasteiger partial charge in [-0.05, 0) is 46.2 Å². The third kappa shape index (κ3) is 2.41. The monoisotopic (exact) mass is 282 g/mol.